The highest BCUT2D eigenvalue weighted by molar-refractivity contribution is 6.25. The van der Waals surface area contributed by atoms with Gasteiger partial charge in [0.2, 0.25) is 0 Å². The summed E-state index contributed by atoms with van der Waals surface area (Å²) in [5.41, 5.74) is 0. The van der Waals surface area contributed by atoms with Gasteiger partial charge in [0, 0.05) is 0 Å². The molecule has 0 radical (unpaired) electrons. The predicted octanol–water partition coefficient (Wildman–Crippen LogP) is 6.42. The maximum atomic E-state index is 2.21. The molecule has 20 heavy (non-hydrogen) atoms. The van der Waals surface area contributed by atoms with Gasteiger partial charge in [0.1, 0.15) is 0 Å². The van der Waals surface area contributed by atoms with Gasteiger partial charge in [-0.3, -0.25) is 0 Å². The Morgan fingerprint density at radius 1 is 0.300 bits per heavy atom. The molecule has 0 unspecified atom stereocenters. The van der Waals surface area contributed by atoms with Crippen LogP contribution >= 0.6 is 0 Å². The minimum Gasteiger partial charge on any atom is -0.0776 e. The fraction of sp³-hybridized carbons (Fsp3) is 0.100. The van der Waals surface area contributed by atoms with Crippen LogP contribution < -0.4 is 0 Å². The summed E-state index contributed by atoms with van der Waals surface area (Å²) in [6.07, 6.45) is 0. The van der Waals surface area contributed by atoms with Gasteiger partial charge in [-0.2, -0.15) is 0 Å². The molecule has 0 saturated carbocycles. The molecule has 0 amide bonds. The zero-order valence-electron chi connectivity index (χ0n) is 9.93. The number of benzene rings is 4. The van der Waals surface area contributed by atoms with Gasteiger partial charge in [-0.1, -0.05) is 87.6 Å². The first-order valence-electron chi connectivity index (χ1n) is 6.23. The molecule has 0 aromatic heterocycles. The summed E-state index contributed by atoms with van der Waals surface area (Å²) < 4.78 is 0. The average Bonchev–Trinajstić information content (AvgIpc) is 2.48. The summed E-state index contributed by atoms with van der Waals surface area (Å²) in [6.45, 7) is 0. The second-order valence-corrected chi connectivity index (χ2v) is 4.64. The molecule has 0 aliphatic carbocycles. The van der Waals surface area contributed by atoms with Crippen LogP contribution in [0.1, 0.15) is 14.9 Å². The monoisotopic (exact) mass is 260 g/mol. The third kappa shape index (κ3) is 1.85. The van der Waals surface area contributed by atoms with E-state index in [9.17, 15) is 0 Å². The van der Waals surface area contributed by atoms with E-state index in [1.807, 2.05) is 0 Å². The largest absolute Gasteiger partial charge is 0.0776 e. The highest BCUT2D eigenvalue weighted by Gasteiger charge is 2.06. The van der Waals surface area contributed by atoms with Crippen molar-refractivity contribution in [1.82, 2.24) is 0 Å². The Morgan fingerprint density at radius 2 is 0.450 bits per heavy atom. The molecule has 0 bridgehead atoms. The molecular formula is C20H20. The molecule has 0 nitrogen and oxygen atoms in total. The third-order valence-corrected chi connectivity index (χ3v) is 3.65. The smallest absolute Gasteiger partial charge is 0.00990 e. The van der Waals surface area contributed by atoms with Crippen molar-refractivity contribution in [3.8, 4) is 0 Å². The van der Waals surface area contributed by atoms with Crippen LogP contribution in [0.2, 0.25) is 0 Å². The van der Waals surface area contributed by atoms with E-state index in [0.717, 1.165) is 0 Å². The van der Waals surface area contributed by atoms with Gasteiger partial charge in [-0.25, -0.2) is 0 Å². The van der Waals surface area contributed by atoms with Crippen LogP contribution in [0.3, 0.4) is 0 Å². The van der Waals surface area contributed by atoms with E-state index >= 15 is 0 Å². The van der Waals surface area contributed by atoms with E-state index in [4.69, 9.17) is 0 Å². The minimum atomic E-state index is 0. The second-order valence-electron chi connectivity index (χ2n) is 4.64. The Morgan fingerprint density at radius 3 is 0.600 bits per heavy atom. The van der Waals surface area contributed by atoms with Crippen LogP contribution in [0.25, 0.3) is 32.3 Å². The first-order valence-corrected chi connectivity index (χ1v) is 6.23. The highest BCUT2D eigenvalue weighted by Crippen LogP contribution is 2.34. The van der Waals surface area contributed by atoms with Crippen molar-refractivity contribution < 1.29 is 0 Å². The molecular weight excluding hydrogens is 240 g/mol. The molecule has 0 heteroatoms. The summed E-state index contributed by atoms with van der Waals surface area (Å²) in [5, 5.41) is 8.04. The molecule has 0 aliphatic rings. The fourth-order valence-corrected chi connectivity index (χ4v) is 2.86. The van der Waals surface area contributed by atoms with Crippen molar-refractivity contribution in [3.63, 3.8) is 0 Å². The van der Waals surface area contributed by atoms with E-state index < -0.39 is 0 Å². The normalized spacial score (nSPS) is 10.2. The molecule has 4 aromatic rings. The minimum absolute atomic E-state index is 0. The lowest BCUT2D eigenvalue weighted by Crippen LogP contribution is -1.81. The lowest BCUT2D eigenvalue weighted by atomic mass is 9.95. The summed E-state index contributed by atoms with van der Waals surface area (Å²) in [7, 11) is 0. The number of hydrogen-bond donors (Lipinski definition) is 0. The summed E-state index contributed by atoms with van der Waals surface area (Å²) >= 11 is 0. The molecule has 0 saturated heterocycles. The molecule has 4 aromatic carbocycles. The van der Waals surface area contributed by atoms with Crippen LogP contribution in [0, 0.1) is 0 Å². The summed E-state index contributed by atoms with van der Waals surface area (Å²) in [6, 6.07) is 26.0. The van der Waals surface area contributed by atoms with Gasteiger partial charge in [-0.15, -0.1) is 0 Å². The van der Waals surface area contributed by atoms with E-state index in [2.05, 4.69) is 72.8 Å². The van der Waals surface area contributed by atoms with Crippen molar-refractivity contribution in [2.45, 2.75) is 14.9 Å². The highest BCUT2D eigenvalue weighted by atomic mass is 14.1. The van der Waals surface area contributed by atoms with Gasteiger partial charge in [0.05, 0.1) is 0 Å². The van der Waals surface area contributed by atoms with Crippen molar-refractivity contribution in [3.05, 3.63) is 72.8 Å². The summed E-state index contributed by atoms with van der Waals surface area (Å²) in [4.78, 5) is 0. The van der Waals surface area contributed by atoms with Crippen molar-refractivity contribution in [2.24, 2.45) is 0 Å². The van der Waals surface area contributed by atoms with Crippen LogP contribution in [-0.4, -0.2) is 0 Å². The van der Waals surface area contributed by atoms with Crippen molar-refractivity contribution >= 4 is 32.3 Å². The van der Waals surface area contributed by atoms with Gasteiger partial charge < -0.3 is 0 Å². The standard InChI is InChI=1S/C18H12.2CH4/c1-2-8-14-13(7-1)15-9-3-4-11-17(15)18-12-6-5-10-16(14)18;;/h1-12H;2*1H4. The van der Waals surface area contributed by atoms with Crippen LogP contribution in [0.4, 0.5) is 0 Å². The second kappa shape index (κ2) is 5.34. The Balaban J connectivity index is 0.000000735. The number of rotatable bonds is 0. The zero-order chi connectivity index (χ0) is 11.9. The van der Waals surface area contributed by atoms with Crippen LogP contribution in [0.5, 0.6) is 0 Å². The quantitative estimate of drug-likeness (QED) is 0.320. The number of hydrogen-bond acceptors (Lipinski definition) is 0. The van der Waals surface area contributed by atoms with E-state index in [1.165, 1.54) is 32.3 Å². The van der Waals surface area contributed by atoms with E-state index in [1.54, 1.807) is 0 Å². The Hall–Kier alpha value is -2.34. The molecule has 0 spiro atoms. The first kappa shape index (κ1) is 14.1. The topological polar surface area (TPSA) is 0 Å². The van der Waals surface area contributed by atoms with Gasteiger partial charge in [0.15, 0.2) is 0 Å². The van der Waals surface area contributed by atoms with Gasteiger partial charge in [0.25, 0.3) is 0 Å². The molecule has 0 heterocycles. The summed E-state index contributed by atoms with van der Waals surface area (Å²) in [5.74, 6) is 0. The van der Waals surface area contributed by atoms with Crippen molar-refractivity contribution in [1.29, 1.82) is 0 Å². The van der Waals surface area contributed by atoms with Crippen LogP contribution in [0.15, 0.2) is 72.8 Å². The lowest BCUT2D eigenvalue weighted by Gasteiger charge is -2.09. The SMILES string of the molecule is C.C.c1ccc2c(c1)c1ccccc1c1ccccc21. The Labute approximate surface area is 120 Å². The van der Waals surface area contributed by atoms with Gasteiger partial charge >= 0.3 is 0 Å². The average molecular weight is 260 g/mol. The molecule has 0 N–H and O–H groups in total. The van der Waals surface area contributed by atoms with Crippen LogP contribution in [-0.2, 0) is 0 Å². The number of fused-ring (bicyclic) bond motifs is 6. The maximum absolute atomic E-state index is 2.21. The Bertz CT molecular complexity index is 652. The van der Waals surface area contributed by atoms with E-state index in [0.29, 0.717) is 0 Å². The maximum Gasteiger partial charge on any atom is -0.00990 e. The van der Waals surface area contributed by atoms with Gasteiger partial charge in [-0.05, 0) is 32.3 Å². The zero-order valence-corrected chi connectivity index (χ0v) is 9.93. The lowest BCUT2D eigenvalue weighted by molar-refractivity contribution is 1.77. The molecule has 0 aliphatic heterocycles. The third-order valence-electron chi connectivity index (χ3n) is 3.65. The van der Waals surface area contributed by atoms with Crippen molar-refractivity contribution in [2.75, 3.05) is 0 Å². The Kier molecular flexibility index (Phi) is 3.76. The first-order chi connectivity index (χ1) is 8.95. The molecule has 0 fully saturated rings. The fourth-order valence-electron chi connectivity index (χ4n) is 2.86. The predicted molar refractivity (Wildman–Crippen MR) is 92.4 cm³/mol. The molecule has 100 valence electrons. The molecule has 4 rings (SSSR count). The van der Waals surface area contributed by atoms with E-state index in [-0.39, 0.29) is 14.9 Å². The molecule has 0 atom stereocenters.